The second-order valence-electron chi connectivity index (χ2n) is 14.9. The lowest BCUT2D eigenvalue weighted by Crippen LogP contribution is -2.70. The van der Waals surface area contributed by atoms with Crippen LogP contribution in [-0.4, -0.2) is 95.3 Å². The minimum atomic E-state index is -0.830. The predicted molar refractivity (Wildman–Crippen MR) is 217 cm³/mol. The minimum Gasteiger partial charge on any atom is -0.462 e. The number of amides is 2. The van der Waals surface area contributed by atoms with Crippen molar-refractivity contribution in [3.05, 3.63) is 72.5 Å². The van der Waals surface area contributed by atoms with Crippen LogP contribution in [0.5, 0.6) is 0 Å². The first-order chi connectivity index (χ1) is 27.9. The number of rotatable bonds is 15. The van der Waals surface area contributed by atoms with Crippen molar-refractivity contribution < 1.29 is 42.6 Å². The Labute approximate surface area is 347 Å². The second-order valence-corrected chi connectivity index (χ2v) is 17.4. The molecule has 5 heterocycles. The molecular formula is C40H45ClFN5O9S2. The van der Waals surface area contributed by atoms with E-state index in [1.54, 1.807) is 4.57 Å². The van der Waals surface area contributed by atoms with E-state index in [4.69, 9.17) is 31.5 Å². The molecule has 3 atom stereocenters. The molecule has 3 fully saturated rings. The van der Waals surface area contributed by atoms with Crippen LogP contribution in [-0.2, 0) is 39.8 Å². The highest BCUT2D eigenvalue weighted by atomic mass is 35.5. The number of esters is 3. The number of ether oxygens (including phenoxy) is 3. The number of fused-ring (bicyclic) bond motifs is 2. The van der Waals surface area contributed by atoms with E-state index >= 15 is 4.39 Å². The van der Waals surface area contributed by atoms with Gasteiger partial charge in [-0.05, 0) is 62.5 Å². The van der Waals surface area contributed by atoms with E-state index in [1.807, 2.05) is 22.4 Å². The minimum absolute atomic E-state index is 0.00320. The summed E-state index contributed by atoms with van der Waals surface area (Å²) in [7, 11) is 0. The molecule has 58 heavy (non-hydrogen) atoms. The van der Waals surface area contributed by atoms with E-state index in [0.717, 1.165) is 43.0 Å². The Bertz CT molecular complexity index is 2190. The van der Waals surface area contributed by atoms with Gasteiger partial charge in [-0.3, -0.25) is 24.1 Å². The first kappa shape index (κ1) is 41.7. The summed E-state index contributed by atoms with van der Waals surface area (Å²) in [6.45, 7) is 2.06. The van der Waals surface area contributed by atoms with Crippen LogP contribution in [0.15, 0.2) is 45.8 Å². The van der Waals surface area contributed by atoms with Gasteiger partial charge in [0.2, 0.25) is 11.3 Å². The quantitative estimate of drug-likeness (QED) is 0.0922. The van der Waals surface area contributed by atoms with Gasteiger partial charge in [-0.15, -0.1) is 23.1 Å². The highest BCUT2D eigenvalue weighted by molar-refractivity contribution is 8.00. The summed E-state index contributed by atoms with van der Waals surface area (Å²) in [4.78, 5) is 81.7. The average molecular weight is 858 g/mol. The lowest BCUT2D eigenvalue weighted by Gasteiger charge is -2.49. The molecule has 3 N–H and O–H groups in total. The number of halogens is 2. The SMILES string of the molecule is CC(=O)OCC1=C(C(=O)OCCCCCOC(=O)c2cn(C3CC3)c3c(Cl)c(N4CCCC[C@@H](N)C4)c(F)cc3c2=O)N2C(=O)[C@@H](NC(=O)Cc3cccs3)[C@H]2SC1. The number of benzene rings is 1. The number of aromatic nitrogens is 1. The molecule has 18 heteroatoms. The topological polar surface area (TPSA) is 180 Å². The highest BCUT2D eigenvalue weighted by Crippen LogP contribution is 2.43. The van der Waals surface area contributed by atoms with Crippen LogP contribution in [0.3, 0.4) is 0 Å². The molecule has 1 aromatic carbocycles. The molecule has 4 aliphatic rings. The van der Waals surface area contributed by atoms with Crippen LogP contribution in [0.4, 0.5) is 10.1 Å². The van der Waals surface area contributed by atoms with Crippen molar-refractivity contribution in [1.29, 1.82) is 0 Å². The number of carbonyl (C=O) groups is 5. The lowest BCUT2D eigenvalue weighted by atomic mass is 10.0. The molecule has 14 nitrogen and oxygen atoms in total. The largest absolute Gasteiger partial charge is 0.462 e. The Kier molecular flexibility index (Phi) is 13.1. The predicted octanol–water partition coefficient (Wildman–Crippen LogP) is 4.84. The number of hydrogen-bond donors (Lipinski definition) is 2. The molecular weight excluding hydrogens is 813 g/mol. The molecule has 0 radical (unpaired) electrons. The van der Waals surface area contributed by atoms with Crippen molar-refractivity contribution in [2.75, 3.05) is 43.6 Å². The standard InChI is InChI=1S/C40H45ClFN5O9S2/c1-22(48)56-20-23-21-58-38-32(44-30(49)16-26-9-7-15-57-26)37(51)47(38)33(23)40(53)55-14-6-2-5-13-54-39(52)28-19-46(25-10-11-25)34-27(36(28)50)17-29(42)35(31(34)41)45-12-4-3-8-24(43)18-45/h7,9,15,17,19,24-25,32,38H,2-6,8,10-14,16,18,20-21,43H2,1H3,(H,44,49)/t24-,32-,38-/m1/s1. The zero-order chi connectivity index (χ0) is 41.1. The molecule has 0 unspecified atom stereocenters. The van der Waals surface area contributed by atoms with Crippen LogP contribution in [0, 0.1) is 5.82 Å². The summed E-state index contributed by atoms with van der Waals surface area (Å²) < 4.78 is 33.7. The Morgan fingerprint density at radius 2 is 1.79 bits per heavy atom. The first-order valence-corrected chi connectivity index (χ1v) is 21.8. The van der Waals surface area contributed by atoms with Crippen molar-refractivity contribution >= 4 is 81.0 Å². The molecule has 7 rings (SSSR count). The number of anilines is 1. The number of β-lactam (4-membered cyclic amide) rings is 1. The smallest absolute Gasteiger partial charge is 0.355 e. The van der Waals surface area contributed by atoms with Crippen LogP contribution in [0.25, 0.3) is 10.9 Å². The Hall–Kier alpha value is -4.45. The zero-order valence-corrected chi connectivity index (χ0v) is 34.4. The molecule has 3 aromatic rings. The van der Waals surface area contributed by atoms with Gasteiger partial charge >= 0.3 is 17.9 Å². The third-order valence-electron chi connectivity index (χ3n) is 10.5. The van der Waals surface area contributed by atoms with Crippen LogP contribution in [0.2, 0.25) is 5.02 Å². The number of thiophene rings is 1. The summed E-state index contributed by atoms with van der Waals surface area (Å²) in [5.41, 5.74) is 6.41. The average Bonchev–Trinajstić information content (AvgIpc) is 3.96. The summed E-state index contributed by atoms with van der Waals surface area (Å²) in [6, 6.07) is 3.90. The summed E-state index contributed by atoms with van der Waals surface area (Å²) in [5.74, 6) is -3.25. The van der Waals surface area contributed by atoms with Crippen molar-refractivity contribution in [1.82, 2.24) is 14.8 Å². The van der Waals surface area contributed by atoms with E-state index in [0.29, 0.717) is 43.4 Å². The van der Waals surface area contributed by atoms with E-state index < -0.39 is 46.5 Å². The normalized spacial score (nSPS) is 20.6. The van der Waals surface area contributed by atoms with Gasteiger partial charge in [0, 0.05) is 54.5 Å². The molecule has 2 amide bonds. The maximum atomic E-state index is 15.7. The van der Waals surface area contributed by atoms with E-state index in [2.05, 4.69) is 5.32 Å². The highest BCUT2D eigenvalue weighted by Gasteiger charge is 2.54. The first-order valence-electron chi connectivity index (χ1n) is 19.5. The number of nitrogens with one attached hydrogen (secondary N) is 1. The van der Waals surface area contributed by atoms with Crippen molar-refractivity contribution in [3.63, 3.8) is 0 Å². The van der Waals surface area contributed by atoms with Crippen LogP contribution >= 0.6 is 34.7 Å². The Balaban J connectivity index is 0.934. The lowest BCUT2D eigenvalue weighted by molar-refractivity contribution is -0.153. The van der Waals surface area contributed by atoms with Crippen LogP contribution in [0.1, 0.15) is 79.6 Å². The summed E-state index contributed by atoms with van der Waals surface area (Å²) in [5, 5.41) is 4.26. The fourth-order valence-corrected chi connectivity index (χ4v) is 9.95. The number of nitrogens with two attached hydrogens (primary N) is 1. The molecule has 2 saturated heterocycles. The van der Waals surface area contributed by atoms with Gasteiger partial charge in [0.1, 0.15) is 35.1 Å². The third-order valence-corrected chi connectivity index (χ3v) is 13.1. The van der Waals surface area contributed by atoms with Gasteiger partial charge in [0.05, 0.1) is 41.2 Å². The number of hydrogen-bond acceptors (Lipinski definition) is 13. The van der Waals surface area contributed by atoms with Gasteiger partial charge < -0.3 is 34.7 Å². The number of unbranched alkanes of at least 4 members (excludes halogenated alkanes) is 2. The maximum Gasteiger partial charge on any atom is 0.355 e. The number of carbonyl (C=O) groups excluding carboxylic acids is 5. The summed E-state index contributed by atoms with van der Waals surface area (Å²) >= 11 is 9.68. The second kappa shape index (κ2) is 18.2. The molecule has 3 aliphatic heterocycles. The molecule has 1 aliphatic carbocycles. The molecule has 1 saturated carbocycles. The van der Waals surface area contributed by atoms with E-state index in [-0.39, 0.29) is 77.3 Å². The Morgan fingerprint density at radius 3 is 2.50 bits per heavy atom. The van der Waals surface area contributed by atoms with E-state index in [1.165, 1.54) is 41.1 Å². The number of pyridine rings is 1. The van der Waals surface area contributed by atoms with Crippen molar-refractivity contribution in [3.8, 4) is 0 Å². The van der Waals surface area contributed by atoms with Gasteiger partial charge in [0.25, 0.3) is 5.91 Å². The number of nitrogens with zero attached hydrogens (tertiary/aromatic N) is 3. The van der Waals surface area contributed by atoms with Gasteiger partial charge in [-0.1, -0.05) is 24.1 Å². The molecule has 0 spiro atoms. The summed E-state index contributed by atoms with van der Waals surface area (Å²) in [6.07, 6.45) is 7.13. The molecule has 310 valence electrons. The molecule has 0 bridgehead atoms. The zero-order valence-electron chi connectivity index (χ0n) is 32.0. The van der Waals surface area contributed by atoms with Gasteiger partial charge in [0.15, 0.2) is 0 Å². The molecule has 2 aromatic heterocycles. The Morgan fingerprint density at radius 1 is 1.03 bits per heavy atom. The van der Waals surface area contributed by atoms with Crippen molar-refractivity contribution in [2.24, 2.45) is 5.73 Å². The van der Waals surface area contributed by atoms with Gasteiger partial charge in [-0.25, -0.2) is 14.0 Å². The van der Waals surface area contributed by atoms with Crippen LogP contribution < -0.4 is 21.4 Å². The number of thioether (sulfide) groups is 1. The fraction of sp³-hybridized carbons (Fsp3) is 0.500. The third kappa shape index (κ3) is 9.06. The van der Waals surface area contributed by atoms with Gasteiger partial charge in [-0.2, -0.15) is 0 Å². The monoisotopic (exact) mass is 857 g/mol. The maximum absolute atomic E-state index is 15.7. The van der Waals surface area contributed by atoms with Crippen molar-refractivity contribution in [2.45, 2.75) is 88.2 Å². The fourth-order valence-electron chi connectivity index (χ4n) is 7.51. The van der Waals surface area contributed by atoms with E-state index in [9.17, 15) is 28.8 Å².